The number of carbonyl (C=O) groups excluding carboxylic acids is 2. The van der Waals surface area contributed by atoms with Crippen molar-refractivity contribution < 1.29 is 18.0 Å². The van der Waals surface area contributed by atoms with Gasteiger partial charge in [0.25, 0.3) is 5.91 Å². The first kappa shape index (κ1) is 23.9. The molecule has 0 spiro atoms. The second kappa shape index (κ2) is 9.87. The number of nitrogens with one attached hydrogen (secondary N) is 4. The zero-order valence-electron chi connectivity index (χ0n) is 15.9. The van der Waals surface area contributed by atoms with Crippen molar-refractivity contribution in [3.05, 3.63) is 0 Å². The Morgan fingerprint density at radius 3 is 2.41 bits per heavy atom. The van der Waals surface area contributed by atoms with Crippen LogP contribution in [0.3, 0.4) is 0 Å². The van der Waals surface area contributed by atoms with E-state index in [2.05, 4.69) is 30.6 Å². The molecule has 0 radical (unpaired) electrons. The summed E-state index contributed by atoms with van der Waals surface area (Å²) >= 11 is 0. The van der Waals surface area contributed by atoms with E-state index in [0.717, 1.165) is 12.8 Å². The van der Waals surface area contributed by atoms with Crippen LogP contribution in [0, 0.1) is 5.92 Å². The number of amides is 3. The Balaban J connectivity index is 0.00000364. The van der Waals surface area contributed by atoms with Crippen LogP contribution in [0.4, 0.5) is 4.79 Å². The first-order valence-electron chi connectivity index (χ1n) is 8.78. The van der Waals surface area contributed by atoms with E-state index in [4.69, 9.17) is 0 Å². The highest BCUT2D eigenvalue weighted by Gasteiger charge is 2.48. The number of hydrogen-bond donors (Lipinski definition) is 4. The molecule has 4 N–H and O–H groups in total. The van der Waals surface area contributed by atoms with E-state index in [9.17, 15) is 18.0 Å². The number of carbonyl (C=O) groups is 2. The van der Waals surface area contributed by atoms with Gasteiger partial charge >= 0.3 is 6.03 Å². The van der Waals surface area contributed by atoms with Crippen molar-refractivity contribution in [1.82, 2.24) is 25.6 Å². The summed E-state index contributed by atoms with van der Waals surface area (Å²) in [5.74, 6) is 0.536. The van der Waals surface area contributed by atoms with Crippen LogP contribution in [0.5, 0.6) is 0 Å². The minimum absolute atomic E-state index is 0. The summed E-state index contributed by atoms with van der Waals surface area (Å²) in [5, 5.41) is 8.19. The van der Waals surface area contributed by atoms with Crippen LogP contribution in [-0.2, 0) is 14.8 Å². The number of urea groups is 1. The number of likely N-dealkylation sites (tertiary alicyclic amines) is 1. The maximum Gasteiger partial charge on any atom is 0.322 e. The average molecular weight is 516 g/mol. The zero-order valence-corrected chi connectivity index (χ0v) is 19.0. The lowest BCUT2D eigenvalue weighted by atomic mass is 9.79. The van der Waals surface area contributed by atoms with E-state index in [-0.39, 0.29) is 48.1 Å². The minimum Gasteiger partial charge on any atom is -0.355 e. The predicted octanol–water partition coefficient (Wildman–Crippen LogP) is -0.571. The minimum atomic E-state index is -3.20. The van der Waals surface area contributed by atoms with Crippen molar-refractivity contribution >= 4 is 51.9 Å². The lowest BCUT2D eigenvalue weighted by Gasteiger charge is -2.39. The van der Waals surface area contributed by atoms with Gasteiger partial charge in [0.2, 0.25) is 10.0 Å². The highest BCUT2D eigenvalue weighted by atomic mass is 127. The molecule has 1 unspecified atom stereocenters. The molecule has 0 bridgehead atoms. The van der Waals surface area contributed by atoms with Gasteiger partial charge in [-0.25, -0.2) is 17.9 Å². The molecule has 0 saturated carbocycles. The predicted molar refractivity (Wildman–Crippen MR) is 114 cm³/mol. The van der Waals surface area contributed by atoms with Gasteiger partial charge in [0, 0.05) is 33.2 Å². The summed E-state index contributed by atoms with van der Waals surface area (Å²) in [7, 11) is -1.52. The molecule has 3 amide bonds. The largest absolute Gasteiger partial charge is 0.355 e. The summed E-state index contributed by atoms with van der Waals surface area (Å²) in [5.41, 5.74) is -0.863. The first-order valence-corrected chi connectivity index (χ1v) is 10.4. The van der Waals surface area contributed by atoms with Gasteiger partial charge in [0.05, 0.1) is 5.75 Å². The van der Waals surface area contributed by atoms with Crippen LogP contribution >= 0.6 is 24.0 Å². The van der Waals surface area contributed by atoms with Gasteiger partial charge < -0.3 is 15.5 Å². The summed E-state index contributed by atoms with van der Waals surface area (Å²) < 4.78 is 25.3. The smallest absolute Gasteiger partial charge is 0.322 e. The standard InChI is InChI=1S/C15H28N6O4S.HI/c1-4-26(24,25)18-8-7-17-13(16-3)21-9-5-11(6-10-21)15(2)12(22)19-14(23)20-15;/h11,18H,4-10H2,1-3H3,(H,16,17)(H2,19,20,22,23);1H. The van der Waals surface area contributed by atoms with Gasteiger partial charge in [-0.05, 0) is 32.6 Å². The first-order chi connectivity index (χ1) is 12.2. The molecule has 0 aromatic carbocycles. The average Bonchev–Trinajstić information content (AvgIpc) is 2.88. The Labute approximate surface area is 177 Å². The number of nitrogens with zero attached hydrogens (tertiary/aromatic N) is 2. The molecule has 2 aliphatic heterocycles. The number of hydrogen-bond acceptors (Lipinski definition) is 5. The van der Waals surface area contributed by atoms with Crippen LogP contribution < -0.4 is 20.7 Å². The summed E-state index contributed by atoms with van der Waals surface area (Å²) in [6, 6.07) is -0.438. The van der Waals surface area contributed by atoms with Crippen molar-refractivity contribution in [2.75, 3.05) is 39.0 Å². The van der Waals surface area contributed by atoms with Gasteiger partial charge in [-0.3, -0.25) is 15.1 Å². The zero-order chi connectivity index (χ0) is 19.4. The number of guanidine groups is 1. The maximum absolute atomic E-state index is 12.1. The van der Waals surface area contributed by atoms with Crippen molar-refractivity contribution in [2.45, 2.75) is 32.2 Å². The highest BCUT2D eigenvalue weighted by Crippen LogP contribution is 2.30. The fourth-order valence-corrected chi connectivity index (χ4v) is 3.95. The molecule has 0 aromatic heterocycles. The Morgan fingerprint density at radius 2 is 1.93 bits per heavy atom. The highest BCUT2D eigenvalue weighted by molar-refractivity contribution is 14.0. The molecule has 2 aliphatic rings. The topological polar surface area (TPSA) is 132 Å². The van der Waals surface area contributed by atoms with E-state index >= 15 is 0 Å². The molecule has 1 atom stereocenters. The van der Waals surface area contributed by atoms with Crippen molar-refractivity contribution in [1.29, 1.82) is 0 Å². The lowest BCUT2D eigenvalue weighted by Crippen LogP contribution is -2.55. The number of rotatable bonds is 6. The molecule has 2 saturated heterocycles. The summed E-state index contributed by atoms with van der Waals surface area (Å²) in [6.07, 6.45) is 1.49. The Hall–Kier alpha value is -1.15. The van der Waals surface area contributed by atoms with Crippen molar-refractivity contribution in [3.63, 3.8) is 0 Å². The monoisotopic (exact) mass is 516 g/mol. The second-order valence-corrected chi connectivity index (χ2v) is 8.74. The number of piperidine rings is 1. The molecule has 2 fully saturated rings. The number of halogens is 1. The third-order valence-corrected chi connectivity index (χ3v) is 6.41. The molecule has 0 aromatic rings. The quantitative estimate of drug-likeness (QED) is 0.123. The van der Waals surface area contributed by atoms with Crippen LogP contribution in [0.1, 0.15) is 26.7 Å². The summed E-state index contributed by atoms with van der Waals surface area (Å²) in [6.45, 7) is 5.47. The summed E-state index contributed by atoms with van der Waals surface area (Å²) in [4.78, 5) is 29.8. The lowest BCUT2D eigenvalue weighted by molar-refractivity contribution is -0.125. The SMILES string of the molecule is CCS(=O)(=O)NCCNC(=NC)N1CCC(C2(C)NC(=O)NC2=O)CC1.I. The Bertz CT molecular complexity index is 678. The molecular formula is C15H29IN6O4S. The molecule has 2 rings (SSSR count). The molecule has 12 heteroatoms. The van der Waals surface area contributed by atoms with Gasteiger partial charge in [0.1, 0.15) is 5.54 Å². The Kier molecular flexibility index (Phi) is 8.73. The van der Waals surface area contributed by atoms with Crippen LogP contribution in [0.15, 0.2) is 4.99 Å². The van der Waals surface area contributed by atoms with E-state index in [1.807, 2.05) is 0 Å². The van der Waals surface area contributed by atoms with E-state index in [0.29, 0.717) is 25.6 Å². The van der Waals surface area contributed by atoms with Crippen LogP contribution in [-0.4, -0.2) is 75.7 Å². The van der Waals surface area contributed by atoms with Gasteiger partial charge in [0.15, 0.2) is 5.96 Å². The van der Waals surface area contributed by atoms with Gasteiger partial charge in [-0.1, -0.05) is 0 Å². The van der Waals surface area contributed by atoms with Crippen molar-refractivity contribution in [3.8, 4) is 0 Å². The number of aliphatic imine (C=N–C) groups is 1. The van der Waals surface area contributed by atoms with Crippen molar-refractivity contribution in [2.24, 2.45) is 10.9 Å². The Morgan fingerprint density at radius 1 is 1.30 bits per heavy atom. The third-order valence-electron chi connectivity index (χ3n) is 5.00. The van der Waals surface area contributed by atoms with E-state index in [1.165, 1.54) is 0 Å². The fraction of sp³-hybridized carbons (Fsp3) is 0.800. The van der Waals surface area contributed by atoms with Gasteiger partial charge in [-0.2, -0.15) is 0 Å². The number of sulfonamides is 1. The van der Waals surface area contributed by atoms with E-state index in [1.54, 1.807) is 20.9 Å². The molecule has 2 heterocycles. The molecule has 0 aliphatic carbocycles. The maximum atomic E-state index is 12.1. The molecule has 156 valence electrons. The second-order valence-electron chi connectivity index (χ2n) is 6.64. The molecule has 10 nitrogen and oxygen atoms in total. The molecular weight excluding hydrogens is 487 g/mol. The normalized spacial score (nSPS) is 24.3. The molecule has 27 heavy (non-hydrogen) atoms. The fourth-order valence-electron chi connectivity index (χ4n) is 3.33. The van der Waals surface area contributed by atoms with Crippen LogP contribution in [0.25, 0.3) is 0 Å². The number of imide groups is 1. The third kappa shape index (κ3) is 5.91. The van der Waals surface area contributed by atoms with Crippen LogP contribution in [0.2, 0.25) is 0 Å². The van der Waals surface area contributed by atoms with E-state index < -0.39 is 21.6 Å². The van der Waals surface area contributed by atoms with Gasteiger partial charge in [-0.15, -0.1) is 24.0 Å².